The Balaban J connectivity index is 1.53. The first kappa shape index (κ1) is 18.0. The maximum atomic E-state index is 12.3. The zero-order valence-electron chi connectivity index (χ0n) is 15.0. The van der Waals surface area contributed by atoms with Gasteiger partial charge in [0.15, 0.2) is 5.76 Å². The van der Waals surface area contributed by atoms with Crippen LogP contribution in [0.5, 0.6) is 0 Å². The Bertz CT molecular complexity index is 720. The van der Waals surface area contributed by atoms with Gasteiger partial charge in [0.05, 0.1) is 11.8 Å². The molecule has 1 aliphatic heterocycles. The molecule has 0 bridgehead atoms. The molecule has 2 aromatic rings. The van der Waals surface area contributed by atoms with Crippen molar-refractivity contribution in [3.8, 4) is 0 Å². The number of aromatic nitrogens is 1. The van der Waals surface area contributed by atoms with E-state index in [4.69, 9.17) is 4.42 Å². The highest BCUT2D eigenvalue weighted by atomic mass is 16.3. The van der Waals surface area contributed by atoms with Gasteiger partial charge in [0, 0.05) is 38.9 Å². The lowest BCUT2D eigenvalue weighted by molar-refractivity contribution is 0.0714. The SMILES string of the molecule is CCCCNC(=O)c1ccc(N2CCN(C(=O)c3ccco3)CC2)nc1. The monoisotopic (exact) mass is 356 g/mol. The number of carbonyl (C=O) groups excluding carboxylic acids is 2. The number of hydrogen-bond donors (Lipinski definition) is 1. The number of furan rings is 1. The molecule has 1 fully saturated rings. The van der Waals surface area contributed by atoms with Crippen LogP contribution in [-0.2, 0) is 0 Å². The number of nitrogens with zero attached hydrogens (tertiary/aromatic N) is 3. The van der Waals surface area contributed by atoms with Gasteiger partial charge in [-0.25, -0.2) is 4.98 Å². The Morgan fingerprint density at radius 1 is 1.19 bits per heavy atom. The molecule has 0 aromatic carbocycles. The van der Waals surface area contributed by atoms with Crippen molar-refractivity contribution in [2.45, 2.75) is 19.8 Å². The zero-order valence-corrected chi connectivity index (χ0v) is 15.0. The van der Waals surface area contributed by atoms with E-state index in [1.165, 1.54) is 6.26 Å². The molecule has 0 spiro atoms. The number of amides is 2. The van der Waals surface area contributed by atoms with Gasteiger partial charge in [0.1, 0.15) is 5.82 Å². The first-order chi connectivity index (χ1) is 12.7. The van der Waals surface area contributed by atoms with E-state index in [-0.39, 0.29) is 11.8 Å². The van der Waals surface area contributed by atoms with Gasteiger partial charge >= 0.3 is 0 Å². The molecule has 0 atom stereocenters. The summed E-state index contributed by atoms with van der Waals surface area (Å²) in [5.41, 5.74) is 0.566. The summed E-state index contributed by atoms with van der Waals surface area (Å²) < 4.78 is 5.18. The van der Waals surface area contributed by atoms with E-state index in [0.29, 0.717) is 44.0 Å². The predicted molar refractivity (Wildman–Crippen MR) is 98.3 cm³/mol. The van der Waals surface area contributed by atoms with Crippen LogP contribution in [0, 0.1) is 0 Å². The summed E-state index contributed by atoms with van der Waals surface area (Å²) in [6, 6.07) is 7.05. The van der Waals surface area contributed by atoms with Gasteiger partial charge in [-0.2, -0.15) is 0 Å². The molecular formula is C19H24N4O3. The Morgan fingerprint density at radius 3 is 2.62 bits per heavy atom. The second-order valence-corrected chi connectivity index (χ2v) is 6.27. The Hall–Kier alpha value is -2.83. The van der Waals surface area contributed by atoms with Crippen LogP contribution in [0.3, 0.4) is 0 Å². The van der Waals surface area contributed by atoms with Gasteiger partial charge in [-0.3, -0.25) is 9.59 Å². The highest BCUT2D eigenvalue weighted by molar-refractivity contribution is 5.94. The average molecular weight is 356 g/mol. The van der Waals surface area contributed by atoms with E-state index in [2.05, 4.69) is 22.1 Å². The Kier molecular flexibility index (Phi) is 5.88. The molecule has 7 nitrogen and oxygen atoms in total. The normalized spacial score (nSPS) is 14.3. The fourth-order valence-electron chi connectivity index (χ4n) is 2.88. The van der Waals surface area contributed by atoms with E-state index >= 15 is 0 Å². The number of anilines is 1. The minimum Gasteiger partial charge on any atom is -0.459 e. The molecular weight excluding hydrogens is 332 g/mol. The Morgan fingerprint density at radius 2 is 2.00 bits per heavy atom. The van der Waals surface area contributed by atoms with E-state index < -0.39 is 0 Å². The molecule has 3 rings (SSSR count). The summed E-state index contributed by atoms with van der Waals surface area (Å²) in [6.07, 6.45) is 5.13. The predicted octanol–water partition coefficient (Wildman–Crippen LogP) is 2.17. The number of pyridine rings is 1. The molecule has 2 aromatic heterocycles. The number of rotatable bonds is 6. The van der Waals surface area contributed by atoms with Crippen molar-refractivity contribution in [3.05, 3.63) is 48.0 Å². The third kappa shape index (κ3) is 4.22. The molecule has 3 heterocycles. The van der Waals surface area contributed by atoms with Crippen molar-refractivity contribution in [3.63, 3.8) is 0 Å². The summed E-state index contributed by atoms with van der Waals surface area (Å²) in [6.45, 7) is 5.39. The lowest BCUT2D eigenvalue weighted by Gasteiger charge is -2.35. The molecule has 0 saturated carbocycles. The molecule has 0 radical (unpaired) electrons. The van der Waals surface area contributed by atoms with Crippen LogP contribution in [0.2, 0.25) is 0 Å². The van der Waals surface area contributed by atoms with Crippen LogP contribution < -0.4 is 10.2 Å². The van der Waals surface area contributed by atoms with Crippen molar-refractivity contribution < 1.29 is 14.0 Å². The van der Waals surface area contributed by atoms with Crippen molar-refractivity contribution in [1.82, 2.24) is 15.2 Å². The maximum absolute atomic E-state index is 12.3. The van der Waals surface area contributed by atoms with Crippen molar-refractivity contribution in [2.24, 2.45) is 0 Å². The van der Waals surface area contributed by atoms with Gasteiger partial charge in [0.25, 0.3) is 11.8 Å². The molecule has 2 amide bonds. The van der Waals surface area contributed by atoms with Gasteiger partial charge in [-0.05, 0) is 30.7 Å². The highest BCUT2D eigenvalue weighted by Gasteiger charge is 2.24. The second-order valence-electron chi connectivity index (χ2n) is 6.27. The van der Waals surface area contributed by atoms with Gasteiger partial charge in [-0.1, -0.05) is 13.3 Å². The quantitative estimate of drug-likeness (QED) is 0.803. The maximum Gasteiger partial charge on any atom is 0.289 e. The summed E-state index contributed by atoms with van der Waals surface area (Å²) in [5, 5.41) is 2.88. The van der Waals surface area contributed by atoms with E-state index in [1.54, 1.807) is 29.3 Å². The number of unbranched alkanes of at least 4 members (excludes halogenated alkanes) is 1. The molecule has 7 heteroatoms. The van der Waals surface area contributed by atoms with Crippen LogP contribution in [0.4, 0.5) is 5.82 Å². The van der Waals surface area contributed by atoms with Gasteiger partial charge in [-0.15, -0.1) is 0 Å². The molecule has 26 heavy (non-hydrogen) atoms. The molecule has 1 aliphatic rings. The Labute approximate surface area is 153 Å². The van der Waals surface area contributed by atoms with Crippen molar-refractivity contribution in [2.75, 3.05) is 37.6 Å². The van der Waals surface area contributed by atoms with Crippen LogP contribution in [0.15, 0.2) is 41.1 Å². The molecule has 0 aliphatic carbocycles. The first-order valence-electron chi connectivity index (χ1n) is 9.01. The standard InChI is InChI=1S/C19H24N4O3/c1-2-3-8-20-18(24)15-6-7-17(21-14-15)22-9-11-23(12-10-22)19(25)16-5-4-13-26-16/h4-7,13-14H,2-3,8-12H2,1H3,(H,20,24). The average Bonchev–Trinajstić information content (AvgIpc) is 3.23. The summed E-state index contributed by atoms with van der Waals surface area (Å²) >= 11 is 0. The van der Waals surface area contributed by atoms with Crippen molar-refractivity contribution in [1.29, 1.82) is 0 Å². The van der Waals surface area contributed by atoms with Gasteiger partial charge < -0.3 is 19.5 Å². The summed E-state index contributed by atoms with van der Waals surface area (Å²) in [7, 11) is 0. The zero-order chi connectivity index (χ0) is 18.4. The van der Waals surface area contributed by atoms with Crippen LogP contribution >= 0.6 is 0 Å². The van der Waals surface area contributed by atoms with Crippen LogP contribution in [-0.4, -0.2) is 54.4 Å². The highest BCUT2D eigenvalue weighted by Crippen LogP contribution is 2.16. The molecule has 1 N–H and O–H groups in total. The van der Waals surface area contributed by atoms with Gasteiger partial charge in [0.2, 0.25) is 0 Å². The fraction of sp³-hybridized carbons (Fsp3) is 0.421. The minimum absolute atomic E-state index is 0.0818. The number of nitrogens with one attached hydrogen (secondary N) is 1. The number of piperazine rings is 1. The topological polar surface area (TPSA) is 78.7 Å². The first-order valence-corrected chi connectivity index (χ1v) is 9.01. The van der Waals surface area contributed by atoms with E-state index in [1.807, 2.05) is 6.07 Å². The number of carbonyl (C=O) groups is 2. The smallest absolute Gasteiger partial charge is 0.289 e. The van der Waals surface area contributed by atoms with Crippen LogP contribution in [0.1, 0.15) is 40.7 Å². The lowest BCUT2D eigenvalue weighted by atomic mass is 10.2. The van der Waals surface area contributed by atoms with E-state index in [0.717, 1.165) is 18.7 Å². The third-order valence-electron chi connectivity index (χ3n) is 4.45. The van der Waals surface area contributed by atoms with E-state index in [9.17, 15) is 9.59 Å². The summed E-state index contributed by atoms with van der Waals surface area (Å²) in [5.74, 6) is 1.02. The molecule has 1 saturated heterocycles. The fourth-order valence-corrected chi connectivity index (χ4v) is 2.88. The molecule has 138 valence electrons. The van der Waals surface area contributed by atoms with Crippen molar-refractivity contribution >= 4 is 17.6 Å². The minimum atomic E-state index is -0.0913. The number of hydrogen-bond acceptors (Lipinski definition) is 5. The largest absolute Gasteiger partial charge is 0.459 e. The summed E-state index contributed by atoms with van der Waals surface area (Å²) in [4.78, 5) is 32.6. The lowest BCUT2D eigenvalue weighted by Crippen LogP contribution is -2.49. The molecule has 0 unspecified atom stereocenters. The third-order valence-corrected chi connectivity index (χ3v) is 4.45. The second kappa shape index (κ2) is 8.51. The van der Waals surface area contributed by atoms with Crippen LogP contribution in [0.25, 0.3) is 0 Å².